The second kappa shape index (κ2) is 12.0. The van der Waals surface area contributed by atoms with Gasteiger partial charge in [-0.2, -0.15) is 5.10 Å². The van der Waals surface area contributed by atoms with Crippen molar-refractivity contribution < 1.29 is 14.3 Å². The van der Waals surface area contributed by atoms with Crippen LogP contribution in [0.25, 0.3) is 16.3 Å². The van der Waals surface area contributed by atoms with Crippen LogP contribution in [-0.4, -0.2) is 53.1 Å². The van der Waals surface area contributed by atoms with Crippen molar-refractivity contribution in [2.75, 3.05) is 30.3 Å². The third kappa shape index (κ3) is 5.53. The van der Waals surface area contributed by atoms with Crippen LogP contribution < -0.4 is 10.2 Å². The molecule has 1 saturated heterocycles. The lowest BCUT2D eigenvalue weighted by molar-refractivity contribution is -0.123. The monoisotopic (exact) mass is 612 g/mol. The number of nitrogens with one attached hydrogen (secondary N) is 1. The van der Waals surface area contributed by atoms with Gasteiger partial charge in [-0.05, 0) is 54.1 Å². The Hall–Kier alpha value is -2.82. The molecule has 1 N–H and O–H groups in total. The van der Waals surface area contributed by atoms with E-state index in [9.17, 15) is 9.59 Å². The number of ether oxygens (including phenoxy) is 1. The summed E-state index contributed by atoms with van der Waals surface area (Å²) in [4.78, 5) is 29.5. The molecule has 6 rings (SSSR count). The zero-order valence-electron chi connectivity index (χ0n) is 21.4. The number of para-hydroxylation sites is 1. The van der Waals surface area contributed by atoms with E-state index in [4.69, 9.17) is 33.0 Å². The van der Waals surface area contributed by atoms with Crippen LogP contribution in [0.3, 0.4) is 0 Å². The summed E-state index contributed by atoms with van der Waals surface area (Å²) in [5, 5.41) is 10.8. The first-order valence-corrected chi connectivity index (χ1v) is 15.7. The fourth-order valence-electron chi connectivity index (χ4n) is 5.07. The summed E-state index contributed by atoms with van der Waals surface area (Å²) in [7, 11) is 0. The molecule has 206 valence electrons. The maximum Gasteiger partial charge on any atom is 0.240 e. The average Bonchev–Trinajstić information content (AvgIpc) is 3.72. The molecule has 2 amide bonds. The number of benzene rings is 2. The van der Waals surface area contributed by atoms with E-state index in [1.165, 1.54) is 11.8 Å². The summed E-state index contributed by atoms with van der Waals surface area (Å²) in [6.07, 6.45) is 1.90. The summed E-state index contributed by atoms with van der Waals surface area (Å²) in [5.74, 6) is 0.264. The first-order chi connectivity index (χ1) is 19.5. The molecule has 7 nitrogen and oxygen atoms in total. The minimum Gasteiger partial charge on any atom is -0.376 e. The van der Waals surface area contributed by atoms with Gasteiger partial charge in [0.15, 0.2) is 0 Å². The molecule has 2 aliphatic heterocycles. The summed E-state index contributed by atoms with van der Waals surface area (Å²) >= 11 is 16.2. The number of hydrogen-bond acceptors (Lipinski definition) is 6. The van der Waals surface area contributed by atoms with Gasteiger partial charge < -0.3 is 10.1 Å². The molecule has 0 spiro atoms. The fraction of sp³-hybridized carbons (Fsp3) is 0.276. The largest absolute Gasteiger partial charge is 0.376 e. The third-order valence-electron chi connectivity index (χ3n) is 6.93. The molecular weight excluding hydrogens is 587 g/mol. The van der Waals surface area contributed by atoms with Crippen LogP contribution in [0.5, 0.6) is 0 Å². The molecular formula is C29H26Cl2N4O3S2. The fourth-order valence-corrected chi connectivity index (χ4v) is 7.40. The first kappa shape index (κ1) is 27.4. The number of hydrogen-bond donors (Lipinski definition) is 1. The minimum absolute atomic E-state index is 0.00111. The van der Waals surface area contributed by atoms with Crippen LogP contribution in [0.4, 0.5) is 5.82 Å². The van der Waals surface area contributed by atoms with Crippen LogP contribution in [0.2, 0.25) is 10.0 Å². The van der Waals surface area contributed by atoms with E-state index < -0.39 is 0 Å². The van der Waals surface area contributed by atoms with Crippen molar-refractivity contribution in [3.05, 3.63) is 87.2 Å². The van der Waals surface area contributed by atoms with Crippen LogP contribution in [0.1, 0.15) is 29.2 Å². The van der Waals surface area contributed by atoms with Crippen molar-refractivity contribution in [3.8, 4) is 16.3 Å². The van der Waals surface area contributed by atoms with E-state index in [1.54, 1.807) is 27.0 Å². The summed E-state index contributed by atoms with van der Waals surface area (Å²) < 4.78 is 7.37. The van der Waals surface area contributed by atoms with Crippen LogP contribution in [-0.2, 0) is 14.3 Å². The molecule has 0 bridgehead atoms. The molecule has 4 heterocycles. The first-order valence-electron chi connectivity index (χ1n) is 13.0. The molecule has 2 atom stereocenters. The second-order valence-electron chi connectivity index (χ2n) is 9.59. The minimum atomic E-state index is -0.259. The maximum absolute atomic E-state index is 13.8. The Labute approximate surface area is 250 Å². The highest BCUT2D eigenvalue weighted by Gasteiger charge is 2.38. The van der Waals surface area contributed by atoms with Gasteiger partial charge in [0.05, 0.1) is 32.7 Å². The van der Waals surface area contributed by atoms with Crippen molar-refractivity contribution in [2.45, 2.75) is 24.2 Å². The molecule has 2 aliphatic rings. The van der Waals surface area contributed by atoms with E-state index in [0.29, 0.717) is 34.7 Å². The predicted molar refractivity (Wildman–Crippen MR) is 162 cm³/mol. The van der Waals surface area contributed by atoms with Gasteiger partial charge >= 0.3 is 0 Å². The highest BCUT2D eigenvalue weighted by Crippen LogP contribution is 2.49. The lowest BCUT2D eigenvalue weighted by Gasteiger charge is -2.24. The lowest BCUT2D eigenvalue weighted by Crippen LogP contribution is -2.44. The Bertz CT molecular complexity index is 1540. The van der Waals surface area contributed by atoms with Gasteiger partial charge in [-0.25, -0.2) is 4.68 Å². The van der Waals surface area contributed by atoms with Crippen molar-refractivity contribution in [3.63, 3.8) is 0 Å². The summed E-state index contributed by atoms with van der Waals surface area (Å²) in [5.41, 5.74) is 3.15. The Kier molecular flexibility index (Phi) is 8.18. The second-order valence-corrected chi connectivity index (χ2v) is 12.5. The Morgan fingerprint density at radius 1 is 1.12 bits per heavy atom. The van der Waals surface area contributed by atoms with Crippen molar-refractivity contribution in [1.82, 2.24) is 15.1 Å². The Morgan fingerprint density at radius 3 is 2.75 bits per heavy atom. The van der Waals surface area contributed by atoms with E-state index in [0.717, 1.165) is 34.5 Å². The summed E-state index contributed by atoms with van der Waals surface area (Å²) in [6.45, 7) is 0.971. The van der Waals surface area contributed by atoms with Crippen molar-refractivity contribution in [1.29, 1.82) is 0 Å². The highest BCUT2D eigenvalue weighted by atomic mass is 35.5. The number of carbonyl (C=O) groups excluding carboxylic acids is 2. The van der Waals surface area contributed by atoms with Gasteiger partial charge in [0.25, 0.3) is 0 Å². The van der Waals surface area contributed by atoms with Gasteiger partial charge in [-0.15, -0.1) is 23.1 Å². The number of aromatic nitrogens is 2. The number of nitrogens with zero attached hydrogens (tertiary/aromatic N) is 3. The van der Waals surface area contributed by atoms with E-state index in [1.807, 2.05) is 60.0 Å². The zero-order chi connectivity index (χ0) is 27.6. The maximum atomic E-state index is 13.8. The van der Waals surface area contributed by atoms with Crippen molar-refractivity contribution in [2.24, 2.45) is 0 Å². The lowest BCUT2D eigenvalue weighted by atomic mass is 10.0. The standard InChI is InChI=1S/C29H26Cl2N4O3S2/c30-19-7-3-6-18(14-19)28-26-27(23-11-5-13-39-23)33-35(22-10-2-1-9-21(22)31)29(26)34(25(37)17-40-28)16-24(36)32-15-20-8-4-12-38-20/h1-3,5-7,9-11,13-14,20,28H,4,8,12,15-17H2,(H,32,36)/t20-,28-/m0/s1. The van der Waals surface area contributed by atoms with Crippen molar-refractivity contribution >= 4 is 63.9 Å². The van der Waals surface area contributed by atoms with Crippen LogP contribution >= 0.6 is 46.3 Å². The van der Waals surface area contributed by atoms with Gasteiger partial charge in [-0.3, -0.25) is 14.5 Å². The predicted octanol–water partition coefficient (Wildman–Crippen LogP) is 6.37. The quantitative estimate of drug-likeness (QED) is 0.262. The van der Waals surface area contributed by atoms with Crippen LogP contribution in [0, 0.1) is 0 Å². The molecule has 11 heteroatoms. The Balaban J connectivity index is 1.51. The van der Waals surface area contributed by atoms with E-state index in [2.05, 4.69) is 5.32 Å². The number of amides is 2. The van der Waals surface area contributed by atoms with Gasteiger partial charge in [0.1, 0.15) is 18.1 Å². The van der Waals surface area contributed by atoms with Gasteiger partial charge in [0.2, 0.25) is 11.8 Å². The SMILES string of the molecule is O=C(CN1C(=O)CS[C@@H](c2cccc(Cl)c2)c2c(-c3cccs3)nn(-c3ccccc3Cl)c21)NC[C@@H]1CCCO1. The van der Waals surface area contributed by atoms with E-state index in [-0.39, 0.29) is 35.5 Å². The Morgan fingerprint density at radius 2 is 2.00 bits per heavy atom. The zero-order valence-corrected chi connectivity index (χ0v) is 24.5. The molecule has 2 aromatic heterocycles. The molecule has 1 fully saturated rings. The molecule has 0 radical (unpaired) electrons. The molecule has 0 aliphatic carbocycles. The number of thiophene rings is 1. The topological polar surface area (TPSA) is 76.5 Å². The number of fused-ring (bicyclic) bond motifs is 1. The van der Waals surface area contributed by atoms with Gasteiger partial charge in [-0.1, -0.05) is 53.5 Å². The van der Waals surface area contributed by atoms with E-state index >= 15 is 0 Å². The highest BCUT2D eigenvalue weighted by molar-refractivity contribution is 8.00. The van der Waals surface area contributed by atoms with Crippen LogP contribution in [0.15, 0.2) is 66.0 Å². The molecule has 4 aromatic rings. The number of carbonyl (C=O) groups is 2. The normalized spacial score (nSPS) is 18.9. The average molecular weight is 614 g/mol. The summed E-state index contributed by atoms with van der Waals surface area (Å²) in [6, 6.07) is 19.0. The number of anilines is 1. The number of thioether (sulfide) groups is 1. The number of halogens is 2. The third-order valence-corrected chi connectivity index (χ3v) is 9.61. The molecule has 0 unspecified atom stereocenters. The van der Waals surface area contributed by atoms with Gasteiger partial charge in [0, 0.05) is 23.7 Å². The molecule has 40 heavy (non-hydrogen) atoms. The number of rotatable bonds is 7. The smallest absolute Gasteiger partial charge is 0.240 e. The molecule has 0 saturated carbocycles. The molecule has 2 aromatic carbocycles.